The molecule has 1 heterocycles. The number of aryl methyl sites for hydroxylation is 1. The number of fused-ring (bicyclic) bond motifs is 1. The average Bonchev–Trinajstić information content (AvgIpc) is 3.13. The molecule has 0 saturated carbocycles. The van der Waals surface area contributed by atoms with Crippen LogP contribution < -0.4 is 9.47 Å². The molecular formula is C25H19Cl2N3O2. The molecular weight excluding hydrogens is 445 g/mol. The molecule has 5 nitrogen and oxygen atoms in total. The van der Waals surface area contributed by atoms with E-state index in [-0.39, 0.29) is 6.61 Å². The summed E-state index contributed by atoms with van der Waals surface area (Å²) in [5, 5.41) is 10.9. The van der Waals surface area contributed by atoms with Gasteiger partial charge >= 0.3 is 0 Å². The number of para-hydroxylation sites is 2. The monoisotopic (exact) mass is 463 g/mol. The highest BCUT2D eigenvalue weighted by Gasteiger charge is 2.13. The van der Waals surface area contributed by atoms with Crippen LogP contribution in [0.5, 0.6) is 11.5 Å². The summed E-state index contributed by atoms with van der Waals surface area (Å²) in [6, 6.07) is 20.8. The fourth-order valence-corrected chi connectivity index (χ4v) is 3.85. The first kappa shape index (κ1) is 21.8. The maximum absolute atomic E-state index is 9.78. The van der Waals surface area contributed by atoms with Crippen molar-refractivity contribution in [3.63, 3.8) is 0 Å². The SMILES string of the molecule is COc1cc(C=C(C#N)c2nc3ccccc3n2C)ccc1OCc1ccc(Cl)cc1Cl. The summed E-state index contributed by atoms with van der Waals surface area (Å²) in [5.41, 5.74) is 3.87. The maximum atomic E-state index is 9.78. The van der Waals surface area contributed by atoms with Crippen LogP contribution >= 0.6 is 23.2 Å². The zero-order chi connectivity index (χ0) is 22.7. The lowest BCUT2D eigenvalue weighted by Gasteiger charge is -2.12. The smallest absolute Gasteiger partial charge is 0.161 e. The van der Waals surface area contributed by atoms with Crippen LogP contribution in [0, 0.1) is 11.3 Å². The zero-order valence-electron chi connectivity index (χ0n) is 17.5. The number of imidazole rings is 1. The molecule has 32 heavy (non-hydrogen) atoms. The average molecular weight is 464 g/mol. The van der Waals surface area contributed by atoms with Gasteiger partial charge in [0.05, 0.1) is 23.7 Å². The largest absolute Gasteiger partial charge is 0.493 e. The first-order valence-corrected chi connectivity index (χ1v) is 10.5. The highest BCUT2D eigenvalue weighted by molar-refractivity contribution is 6.35. The van der Waals surface area contributed by atoms with E-state index < -0.39 is 0 Å². The van der Waals surface area contributed by atoms with Gasteiger partial charge in [0.25, 0.3) is 0 Å². The number of nitrogens with zero attached hydrogens (tertiary/aromatic N) is 3. The first-order chi connectivity index (χ1) is 15.5. The minimum absolute atomic E-state index is 0.269. The number of methoxy groups -OCH3 is 1. The Balaban J connectivity index is 1.61. The summed E-state index contributed by atoms with van der Waals surface area (Å²) in [6.45, 7) is 0.269. The van der Waals surface area contributed by atoms with E-state index in [0.717, 1.165) is 22.2 Å². The van der Waals surface area contributed by atoms with Gasteiger partial charge in [-0.3, -0.25) is 0 Å². The van der Waals surface area contributed by atoms with Crippen molar-refractivity contribution in [1.82, 2.24) is 9.55 Å². The predicted octanol–water partition coefficient (Wildman–Crippen LogP) is 6.53. The molecule has 7 heteroatoms. The first-order valence-electron chi connectivity index (χ1n) is 9.78. The minimum atomic E-state index is 0.269. The second-order valence-corrected chi connectivity index (χ2v) is 7.93. The van der Waals surface area contributed by atoms with Gasteiger partial charge in [-0.2, -0.15) is 5.26 Å². The van der Waals surface area contributed by atoms with Gasteiger partial charge in [-0.1, -0.05) is 47.5 Å². The lowest BCUT2D eigenvalue weighted by atomic mass is 10.1. The molecule has 3 aromatic carbocycles. The molecule has 0 spiro atoms. The summed E-state index contributed by atoms with van der Waals surface area (Å²) in [6.07, 6.45) is 1.78. The molecule has 0 N–H and O–H groups in total. The number of hydrogen-bond acceptors (Lipinski definition) is 4. The number of benzene rings is 3. The molecule has 4 rings (SSSR count). The van der Waals surface area contributed by atoms with Crippen LogP contribution in [0.4, 0.5) is 0 Å². The topological polar surface area (TPSA) is 60.1 Å². The molecule has 0 aliphatic carbocycles. The van der Waals surface area contributed by atoms with Gasteiger partial charge in [-0.15, -0.1) is 0 Å². The molecule has 0 radical (unpaired) electrons. The van der Waals surface area contributed by atoms with Gasteiger partial charge in [0.15, 0.2) is 17.3 Å². The third-order valence-electron chi connectivity index (χ3n) is 5.05. The van der Waals surface area contributed by atoms with E-state index in [4.69, 9.17) is 32.7 Å². The van der Waals surface area contributed by atoms with E-state index >= 15 is 0 Å². The second kappa shape index (κ2) is 9.35. The van der Waals surface area contributed by atoms with Crippen molar-refractivity contribution >= 4 is 45.9 Å². The van der Waals surface area contributed by atoms with E-state index in [2.05, 4.69) is 11.1 Å². The highest BCUT2D eigenvalue weighted by atomic mass is 35.5. The molecule has 0 unspecified atom stereocenters. The summed E-state index contributed by atoms with van der Waals surface area (Å²) in [7, 11) is 3.47. The predicted molar refractivity (Wildman–Crippen MR) is 128 cm³/mol. The lowest BCUT2D eigenvalue weighted by Crippen LogP contribution is -1.99. The lowest BCUT2D eigenvalue weighted by molar-refractivity contribution is 0.284. The number of aromatic nitrogens is 2. The van der Waals surface area contributed by atoms with Crippen LogP contribution in [0.15, 0.2) is 60.7 Å². The number of rotatable bonds is 6. The Hall–Kier alpha value is -3.46. The Morgan fingerprint density at radius 1 is 1.09 bits per heavy atom. The Kier molecular flexibility index (Phi) is 6.36. The highest BCUT2D eigenvalue weighted by Crippen LogP contribution is 2.32. The van der Waals surface area contributed by atoms with Crippen molar-refractivity contribution in [3.05, 3.63) is 87.7 Å². The van der Waals surface area contributed by atoms with Gasteiger partial charge < -0.3 is 14.0 Å². The molecule has 1 aromatic heterocycles. The van der Waals surface area contributed by atoms with Crippen LogP contribution in [-0.4, -0.2) is 16.7 Å². The maximum Gasteiger partial charge on any atom is 0.161 e. The summed E-state index contributed by atoms with van der Waals surface area (Å²) < 4.78 is 13.3. The van der Waals surface area contributed by atoms with Crippen molar-refractivity contribution in [1.29, 1.82) is 5.26 Å². The van der Waals surface area contributed by atoms with E-state index in [1.165, 1.54) is 0 Å². The normalized spacial score (nSPS) is 11.4. The molecule has 0 aliphatic heterocycles. The Labute approximate surface area is 196 Å². The summed E-state index contributed by atoms with van der Waals surface area (Å²) >= 11 is 12.2. The van der Waals surface area contributed by atoms with E-state index in [0.29, 0.717) is 32.9 Å². The van der Waals surface area contributed by atoms with Crippen molar-refractivity contribution < 1.29 is 9.47 Å². The molecule has 0 amide bonds. The summed E-state index contributed by atoms with van der Waals surface area (Å²) in [4.78, 5) is 4.61. The summed E-state index contributed by atoms with van der Waals surface area (Å²) in [5.74, 6) is 1.72. The fraction of sp³-hybridized carbons (Fsp3) is 0.120. The van der Waals surface area contributed by atoms with Crippen LogP contribution in [0.2, 0.25) is 10.0 Å². The van der Waals surface area contributed by atoms with Crippen LogP contribution in [0.25, 0.3) is 22.7 Å². The van der Waals surface area contributed by atoms with Crippen molar-refractivity contribution in [2.45, 2.75) is 6.61 Å². The number of halogens is 2. The Morgan fingerprint density at radius 3 is 2.62 bits per heavy atom. The van der Waals surface area contributed by atoms with E-state index in [9.17, 15) is 5.26 Å². The molecule has 0 bridgehead atoms. The van der Waals surface area contributed by atoms with Gasteiger partial charge in [0, 0.05) is 22.7 Å². The van der Waals surface area contributed by atoms with Gasteiger partial charge in [0.2, 0.25) is 0 Å². The van der Waals surface area contributed by atoms with E-state index in [1.807, 2.05) is 54.1 Å². The quantitative estimate of drug-likeness (QED) is 0.305. The number of hydrogen-bond donors (Lipinski definition) is 0. The van der Waals surface area contributed by atoms with Crippen LogP contribution in [-0.2, 0) is 13.7 Å². The number of nitriles is 1. The van der Waals surface area contributed by atoms with Gasteiger partial charge in [-0.05, 0) is 48.0 Å². The molecule has 0 saturated heterocycles. The standard InChI is InChI=1S/C25H19Cl2N3O2/c1-30-22-6-4-3-5-21(22)29-25(30)18(14-28)11-16-7-10-23(24(12-16)31-2)32-15-17-8-9-19(26)13-20(17)27/h3-13H,15H2,1-2H3. The van der Waals surface area contributed by atoms with E-state index in [1.54, 1.807) is 31.4 Å². The van der Waals surface area contributed by atoms with Gasteiger partial charge in [0.1, 0.15) is 12.7 Å². The van der Waals surface area contributed by atoms with Gasteiger partial charge in [-0.25, -0.2) is 4.98 Å². The molecule has 4 aromatic rings. The van der Waals surface area contributed by atoms with Crippen molar-refractivity contribution in [2.75, 3.05) is 7.11 Å². The molecule has 0 aliphatic rings. The number of allylic oxidation sites excluding steroid dienone is 1. The molecule has 0 atom stereocenters. The molecule has 160 valence electrons. The van der Waals surface area contributed by atoms with Crippen LogP contribution in [0.1, 0.15) is 17.0 Å². The number of ether oxygens (including phenoxy) is 2. The zero-order valence-corrected chi connectivity index (χ0v) is 19.0. The fourth-order valence-electron chi connectivity index (χ4n) is 3.39. The third-order valence-corrected chi connectivity index (χ3v) is 5.63. The van der Waals surface area contributed by atoms with Crippen molar-refractivity contribution in [3.8, 4) is 17.6 Å². The third kappa shape index (κ3) is 4.43. The van der Waals surface area contributed by atoms with Crippen LogP contribution in [0.3, 0.4) is 0 Å². The minimum Gasteiger partial charge on any atom is -0.493 e. The van der Waals surface area contributed by atoms with Crippen molar-refractivity contribution in [2.24, 2.45) is 7.05 Å². The Bertz CT molecular complexity index is 1370. The second-order valence-electron chi connectivity index (χ2n) is 7.09. The molecule has 0 fully saturated rings. The Morgan fingerprint density at radius 2 is 1.91 bits per heavy atom.